The topological polar surface area (TPSA) is 35.5 Å². The van der Waals surface area contributed by atoms with Gasteiger partial charge in [0.2, 0.25) is 0 Å². The molecule has 1 rings (SSSR count). The fourth-order valence-corrected chi connectivity index (χ4v) is 2.82. The predicted molar refractivity (Wildman–Crippen MR) is 77.8 cm³/mol. The van der Waals surface area contributed by atoms with E-state index in [1.807, 2.05) is 6.92 Å². The van der Waals surface area contributed by atoms with Gasteiger partial charge in [0.1, 0.15) is 0 Å². The molecule has 1 saturated heterocycles. The van der Waals surface area contributed by atoms with Crippen LogP contribution in [-0.2, 0) is 0 Å². The van der Waals surface area contributed by atoms with Crippen LogP contribution >= 0.6 is 0 Å². The van der Waals surface area contributed by atoms with Crippen LogP contribution in [0.15, 0.2) is 0 Å². The van der Waals surface area contributed by atoms with Gasteiger partial charge in [-0.15, -0.1) is 0 Å². The van der Waals surface area contributed by atoms with Crippen molar-refractivity contribution in [2.45, 2.75) is 53.1 Å². The molecule has 0 saturated carbocycles. The zero-order chi connectivity index (χ0) is 13.8. The van der Waals surface area contributed by atoms with Crippen molar-refractivity contribution >= 4 is 0 Å². The molecule has 0 spiro atoms. The molecule has 3 nitrogen and oxygen atoms in total. The summed E-state index contributed by atoms with van der Waals surface area (Å²) >= 11 is 0. The highest BCUT2D eigenvalue weighted by Gasteiger charge is 2.31. The number of hydrogen-bond donors (Lipinski definition) is 2. The molecule has 0 aromatic rings. The maximum Gasteiger partial charge on any atom is 0.0746 e. The van der Waals surface area contributed by atoms with Crippen molar-refractivity contribution in [3.63, 3.8) is 0 Å². The van der Waals surface area contributed by atoms with Crippen LogP contribution in [-0.4, -0.2) is 48.3 Å². The average molecular weight is 256 g/mol. The Morgan fingerprint density at radius 3 is 2.61 bits per heavy atom. The number of piperidine rings is 1. The van der Waals surface area contributed by atoms with Crippen LogP contribution < -0.4 is 5.32 Å². The molecule has 0 bridgehead atoms. The van der Waals surface area contributed by atoms with Gasteiger partial charge in [0.05, 0.1) is 5.60 Å². The van der Waals surface area contributed by atoms with E-state index in [-0.39, 0.29) is 5.41 Å². The monoisotopic (exact) mass is 256 g/mol. The van der Waals surface area contributed by atoms with Crippen LogP contribution in [0.25, 0.3) is 0 Å². The standard InChI is InChI=1S/C15H32N2O/c1-13(2)9-16-10-14(3,4)11-17-8-6-7-15(5,18)12-17/h13,16,18H,6-12H2,1-5H3. The van der Waals surface area contributed by atoms with Crippen molar-refractivity contribution < 1.29 is 5.11 Å². The lowest BCUT2D eigenvalue weighted by molar-refractivity contribution is -0.0254. The highest BCUT2D eigenvalue weighted by Crippen LogP contribution is 2.24. The van der Waals surface area contributed by atoms with Crippen molar-refractivity contribution in [1.82, 2.24) is 10.2 Å². The Morgan fingerprint density at radius 1 is 1.39 bits per heavy atom. The normalized spacial score (nSPS) is 26.8. The van der Waals surface area contributed by atoms with Crippen molar-refractivity contribution in [2.24, 2.45) is 11.3 Å². The van der Waals surface area contributed by atoms with E-state index in [4.69, 9.17) is 0 Å². The third kappa shape index (κ3) is 6.17. The molecule has 3 heteroatoms. The average Bonchev–Trinajstić information content (AvgIpc) is 2.13. The van der Waals surface area contributed by atoms with Gasteiger partial charge < -0.3 is 10.4 Å². The summed E-state index contributed by atoms with van der Waals surface area (Å²) in [7, 11) is 0. The highest BCUT2D eigenvalue weighted by molar-refractivity contribution is 4.86. The zero-order valence-corrected chi connectivity index (χ0v) is 12.9. The predicted octanol–water partition coefficient (Wildman–Crippen LogP) is 2.11. The Hall–Kier alpha value is -0.120. The lowest BCUT2D eigenvalue weighted by Crippen LogP contribution is -2.50. The molecule has 0 aromatic carbocycles. The summed E-state index contributed by atoms with van der Waals surface area (Å²) in [5.74, 6) is 0.705. The Labute approximate surface area is 113 Å². The van der Waals surface area contributed by atoms with Crippen LogP contribution in [0, 0.1) is 11.3 Å². The molecule has 2 N–H and O–H groups in total. The molecule has 1 aliphatic heterocycles. The summed E-state index contributed by atoms with van der Waals surface area (Å²) in [5, 5.41) is 13.7. The number of aliphatic hydroxyl groups is 1. The molecule has 1 aliphatic rings. The van der Waals surface area contributed by atoms with Crippen LogP contribution in [0.1, 0.15) is 47.5 Å². The molecule has 1 heterocycles. The molecule has 0 aromatic heterocycles. The summed E-state index contributed by atoms with van der Waals surface area (Å²) in [6.07, 6.45) is 2.05. The molecule has 1 fully saturated rings. The minimum absolute atomic E-state index is 0.266. The Kier molecular flexibility index (Phi) is 5.63. The number of nitrogens with zero attached hydrogens (tertiary/aromatic N) is 1. The summed E-state index contributed by atoms with van der Waals surface area (Å²) < 4.78 is 0. The number of β-amino-alcohol motifs (C(OH)–C–C–N with tert-alkyl or cyclic N) is 1. The molecule has 18 heavy (non-hydrogen) atoms. The van der Waals surface area contributed by atoms with E-state index in [1.54, 1.807) is 0 Å². The summed E-state index contributed by atoms with van der Waals surface area (Å²) in [5.41, 5.74) is -0.220. The fourth-order valence-electron chi connectivity index (χ4n) is 2.82. The Morgan fingerprint density at radius 2 is 2.06 bits per heavy atom. The molecule has 1 atom stereocenters. The second-order valence-electron chi connectivity index (χ2n) is 7.50. The van der Waals surface area contributed by atoms with E-state index in [9.17, 15) is 5.11 Å². The first-order chi connectivity index (χ1) is 8.20. The SMILES string of the molecule is CC(C)CNCC(C)(C)CN1CCCC(C)(O)C1. The van der Waals surface area contributed by atoms with Crippen LogP contribution in [0.5, 0.6) is 0 Å². The van der Waals surface area contributed by atoms with Crippen molar-refractivity contribution in [3.8, 4) is 0 Å². The summed E-state index contributed by atoms with van der Waals surface area (Å²) in [4.78, 5) is 2.42. The summed E-state index contributed by atoms with van der Waals surface area (Å²) in [6.45, 7) is 16.2. The van der Waals surface area contributed by atoms with Gasteiger partial charge in [-0.1, -0.05) is 27.7 Å². The third-order valence-corrected chi connectivity index (χ3v) is 3.56. The maximum absolute atomic E-state index is 10.1. The van der Waals surface area contributed by atoms with Gasteiger partial charge in [-0.3, -0.25) is 4.90 Å². The van der Waals surface area contributed by atoms with Crippen LogP contribution in [0.4, 0.5) is 0 Å². The number of likely N-dealkylation sites (tertiary alicyclic amines) is 1. The maximum atomic E-state index is 10.1. The lowest BCUT2D eigenvalue weighted by atomic mass is 9.89. The van der Waals surface area contributed by atoms with E-state index in [0.717, 1.165) is 45.6 Å². The van der Waals surface area contributed by atoms with Gasteiger partial charge in [0.25, 0.3) is 0 Å². The molecule has 1 unspecified atom stereocenters. The minimum Gasteiger partial charge on any atom is -0.389 e. The van der Waals surface area contributed by atoms with Gasteiger partial charge in [0, 0.05) is 19.6 Å². The van der Waals surface area contributed by atoms with Gasteiger partial charge in [-0.2, -0.15) is 0 Å². The number of nitrogens with one attached hydrogen (secondary N) is 1. The smallest absolute Gasteiger partial charge is 0.0746 e. The quantitative estimate of drug-likeness (QED) is 0.764. The van der Waals surface area contributed by atoms with E-state index < -0.39 is 5.60 Å². The fraction of sp³-hybridized carbons (Fsp3) is 1.00. The largest absolute Gasteiger partial charge is 0.389 e. The number of hydrogen-bond acceptors (Lipinski definition) is 3. The second kappa shape index (κ2) is 6.36. The number of rotatable bonds is 6. The Balaban J connectivity index is 2.35. The molecular formula is C15H32N2O. The first kappa shape index (κ1) is 15.9. The van der Waals surface area contributed by atoms with E-state index >= 15 is 0 Å². The highest BCUT2D eigenvalue weighted by atomic mass is 16.3. The van der Waals surface area contributed by atoms with Gasteiger partial charge in [-0.05, 0) is 44.2 Å². The zero-order valence-electron chi connectivity index (χ0n) is 12.9. The van der Waals surface area contributed by atoms with Crippen molar-refractivity contribution in [3.05, 3.63) is 0 Å². The van der Waals surface area contributed by atoms with Crippen molar-refractivity contribution in [2.75, 3.05) is 32.7 Å². The van der Waals surface area contributed by atoms with E-state index in [0.29, 0.717) is 5.92 Å². The van der Waals surface area contributed by atoms with E-state index in [1.165, 1.54) is 0 Å². The van der Waals surface area contributed by atoms with Gasteiger partial charge >= 0.3 is 0 Å². The van der Waals surface area contributed by atoms with Gasteiger partial charge in [-0.25, -0.2) is 0 Å². The molecule has 0 aliphatic carbocycles. The van der Waals surface area contributed by atoms with Crippen LogP contribution in [0.3, 0.4) is 0 Å². The van der Waals surface area contributed by atoms with Crippen molar-refractivity contribution in [1.29, 1.82) is 0 Å². The third-order valence-electron chi connectivity index (χ3n) is 3.56. The molecule has 0 radical (unpaired) electrons. The molecule has 0 amide bonds. The molecule has 108 valence electrons. The van der Waals surface area contributed by atoms with Crippen LogP contribution in [0.2, 0.25) is 0 Å². The lowest BCUT2D eigenvalue weighted by Gasteiger charge is -2.40. The first-order valence-electron chi connectivity index (χ1n) is 7.36. The van der Waals surface area contributed by atoms with Gasteiger partial charge in [0.15, 0.2) is 0 Å². The first-order valence-corrected chi connectivity index (χ1v) is 7.36. The minimum atomic E-state index is -0.486. The second-order valence-corrected chi connectivity index (χ2v) is 7.50. The Bertz CT molecular complexity index is 249. The molecular weight excluding hydrogens is 224 g/mol. The summed E-state index contributed by atoms with van der Waals surface area (Å²) in [6, 6.07) is 0. The van der Waals surface area contributed by atoms with E-state index in [2.05, 4.69) is 37.9 Å².